The Morgan fingerprint density at radius 3 is 2.68 bits per heavy atom. The van der Waals surface area contributed by atoms with E-state index in [2.05, 4.69) is 10.3 Å². The summed E-state index contributed by atoms with van der Waals surface area (Å²) in [5.41, 5.74) is 0.355. The molecule has 0 aliphatic carbocycles. The van der Waals surface area contributed by atoms with Gasteiger partial charge in [-0.1, -0.05) is 0 Å². The molecule has 1 N–H and O–H groups in total. The molecule has 0 atom stereocenters. The highest BCUT2D eigenvalue weighted by Gasteiger charge is 2.13. The summed E-state index contributed by atoms with van der Waals surface area (Å²) < 4.78 is 9.73. The van der Waals surface area contributed by atoms with E-state index >= 15 is 0 Å². The van der Waals surface area contributed by atoms with Crippen molar-refractivity contribution in [1.82, 2.24) is 4.98 Å². The lowest BCUT2D eigenvalue weighted by Gasteiger charge is -2.09. The second kappa shape index (κ2) is 8.07. The van der Waals surface area contributed by atoms with Gasteiger partial charge in [-0.25, -0.2) is 9.78 Å². The second-order valence-electron chi connectivity index (χ2n) is 3.60. The average Bonchev–Trinajstić information content (AvgIpc) is 2.40. The van der Waals surface area contributed by atoms with Crippen molar-refractivity contribution in [3.8, 4) is 0 Å². The molecule has 0 aliphatic rings. The number of nitrogens with one attached hydrogen (secondary N) is 1. The van der Waals surface area contributed by atoms with Crippen LogP contribution in [0.2, 0.25) is 0 Å². The predicted octanol–water partition coefficient (Wildman–Crippen LogP) is 1.62. The van der Waals surface area contributed by atoms with Gasteiger partial charge in [0.2, 0.25) is 0 Å². The minimum Gasteiger partial charge on any atom is -0.466 e. The van der Waals surface area contributed by atoms with Crippen LogP contribution in [0, 0.1) is 0 Å². The third-order valence-corrected chi connectivity index (χ3v) is 2.23. The minimum atomic E-state index is -0.436. The van der Waals surface area contributed by atoms with Crippen LogP contribution in [-0.2, 0) is 14.3 Å². The molecule has 104 valence electrons. The van der Waals surface area contributed by atoms with Crippen molar-refractivity contribution >= 4 is 17.8 Å². The molecule has 0 amide bonds. The molecule has 0 aliphatic heterocycles. The van der Waals surface area contributed by atoms with E-state index in [4.69, 9.17) is 9.47 Å². The summed E-state index contributed by atoms with van der Waals surface area (Å²) in [5.74, 6) is -0.317. The van der Waals surface area contributed by atoms with Crippen LogP contribution in [0.25, 0.3) is 0 Å². The Balaban J connectivity index is 2.58. The number of pyridine rings is 1. The smallest absolute Gasteiger partial charge is 0.341 e. The predicted molar refractivity (Wildman–Crippen MR) is 69.9 cm³/mol. The molecule has 0 spiro atoms. The number of carbonyl (C=O) groups excluding carboxylic acids is 2. The van der Waals surface area contributed by atoms with E-state index < -0.39 is 5.97 Å². The first-order chi connectivity index (χ1) is 9.19. The SMILES string of the molecule is CCOC(=O)CCNc1ncccc1C(=O)OCC. The number of esters is 2. The molecule has 6 heteroatoms. The molecule has 19 heavy (non-hydrogen) atoms. The fourth-order valence-electron chi connectivity index (χ4n) is 1.44. The molecule has 1 aromatic heterocycles. The van der Waals surface area contributed by atoms with Crippen LogP contribution in [0.5, 0.6) is 0 Å². The van der Waals surface area contributed by atoms with Crippen LogP contribution >= 0.6 is 0 Å². The van der Waals surface area contributed by atoms with Gasteiger partial charge in [-0.05, 0) is 26.0 Å². The highest BCUT2D eigenvalue weighted by molar-refractivity contribution is 5.94. The van der Waals surface area contributed by atoms with Gasteiger partial charge in [0.1, 0.15) is 11.4 Å². The maximum Gasteiger partial charge on any atom is 0.341 e. The zero-order valence-electron chi connectivity index (χ0n) is 11.1. The summed E-state index contributed by atoms with van der Waals surface area (Å²) in [4.78, 5) is 26.9. The third kappa shape index (κ3) is 4.95. The normalized spacial score (nSPS) is 9.79. The molecule has 0 unspecified atom stereocenters. The van der Waals surface area contributed by atoms with Crippen LogP contribution < -0.4 is 5.32 Å². The first-order valence-corrected chi connectivity index (χ1v) is 6.20. The van der Waals surface area contributed by atoms with Crippen LogP contribution in [-0.4, -0.2) is 36.7 Å². The topological polar surface area (TPSA) is 77.5 Å². The number of nitrogens with zero attached hydrogens (tertiary/aromatic N) is 1. The van der Waals surface area contributed by atoms with Gasteiger partial charge in [0.25, 0.3) is 0 Å². The molecule has 6 nitrogen and oxygen atoms in total. The molecular weight excluding hydrogens is 248 g/mol. The maximum atomic E-state index is 11.7. The number of ether oxygens (including phenoxy) is 2. The molecule has 0 fully saturated rings. The van der Waals surface area contributed by atoms with E-state index in [9.17, 15) is 9.59 Å². The van der Waals surface area contributed by atoms with Gasteiger partial charge < -0.3 is 14.8 Å². The van der Waals surface area contributed by atoms with Crippen LogP contribution in [0.1, 0.15) is 30.6 Å². The van der Waals surface area contributed by atoms with Crippen molar-refractivity contribution in [2.24, 2.45) is 0 Å². The molecule has 0 aromatic carbocycles. The fourth-order valence-corrected chi connectivity index (χ4v) is 1.44. The molecule has 0 radical (unpaired) electrons. The number of carbonyl (C=O) groups is 2. The van der Waals surface area contributed by atoms with Gasteiger partial charge in [-0.3, -0.25) is 4.79 Å². The largest absolute Gasteiger partial charge is 0.466 e. The summed E-state index contributed by atoms with van der Waals surface area (Å²) in [6.45, 7) is 4.50. The fraction of sp³-hybridized carbons (Fsp3) is 0.462. The average molecular weight is 266 g/mol. The summed E-state index contributed by atoms with van der Waals surface area (Å²) in [5, 5.41) is 2.93. The Kier molecular flexibility index (Phi) is 6.35. The van der Waals surface area contributed by atoms with Gasteiger partial charge in [-0.2, -0.15) is 0 Å². The second-order valence-corrected chi connectivity index (χ2v) is 3.60. The van der Waals surface area contributed by atoms with E-state index in [-0.39, 0.29) is 12.4 Å². The number of hydrogen-bond acceptors (Lipinski definition) is 6. The number of hydrogen-bond donors (Lipinski definition) is 1. The zero-order chi connectivity index (χ0) is 14.1. The van der Waals surface area contributed by atoms with Crippen molar-refractivity contribution in [2.75, 3.05) is 25.1 Å². The first-order valence-electron chi connectivity index (χ1n) is 6.20. The van der Waals surface area contributed by atoms with Crippen molar-refractivity contribution < 1.29 is 19.1 Å². The lowest BCUT2D eigenvalue weighted by atomic mass is 10.2. The molecule has 0 saturated heterocycles. The van der Waals surface area contributed by atoms with Gasteiger partial charge in [0, 0.05) is 12.7 Å². The van der Waals surface area contributed by atoms with Gasteiger partial charge >= 0.3 is 11.9 Å². The molecule has 1 aromatic rings. The van der Waals surface area contributed by atoms with Gasteiger partial charge in [0.15, 0.2) is 0 Å². The zero-order valence-corrected chi connectivity index (χ0v) is 11.1. The Labute approximate surface area is 112 Å². The highest BCUT2D eigenvalue weighted by Crippen LogP contribution is 2.12. The lowest BCUT2D eigenvalue weighted by Crippen LogP contribution is -2.15. The lowest BCUT2D eigenvalue weighted by molar-refractivity contribution is -0.142. The first kappa shape index (κ1) is 14.9. The molecule has 0 saturated carbocycles. The monoisotopic (exact) mass is 266 g/mol. The molecular formula is C13H18N2O4. The van der Waals surface area contributed by atoms with E-state index in [1.54, 1.807) is 32.2 Å². The van der Waals surface area contributed by atoms with Crippen LogP contribution in [0.4, 0.5) is 5.82 Å². The van der Waals surface area contributed by atoms with E-state index in [1.165, 1.54) is 0 Å². The molecule has 0 bridgehead atoms. The Morgan fingerprint density at radius 1 is 1.26 bits per heavy atom. The highest BCUT2D eigenvalue weighted by atomic mass is 16.5. The van der Waals surface area contributed by atoms with E-state index in [0.29, 0.717) is 31.1 Å². The Hall–Kier alpha value is -2.11. The Morgan fingerprint density at radius 2 is 2.00 bits per heavy atom. The van der Waals surface area contributed by atoms with Crippen molar-refractivity contribution in [3.63, 3.8) is 0 Å². The quantitative estimate of drug-likeness (QED) is 0.756. The summed E-state index contributed by atoms with van der Waals surface area (Å²) in [7, 11) is 0. The van der Waals surface area contributed by atoms with Crippen LogP contribution in [0.3, 0.4) is 0 Å². The molecule has 1 rings (SSSR count). The van der Waals surface area contributed by atoms with Gasteiger partial charge in [-0.15, -0.1) is 0 Å². The summed E-state index contributed by atoms with van der Waals surface area (Å²) in [6.07, 6.45) is 1.78. The van der Waals surface area contributed by atoms with Crippen molar-refractivity contribution in [2.45, 2.75) is 20.3 Å². The van der Waals surface area contributed by atoms with Crippen molar-refractivity contribution in [1.29, 1.82) is 0 Å². The van der Waals surface area contributed by atoms with Gasteiger partial charge in [0.05, 0.1) is 19.6 Å². The van der Waals surface area contributed by atoms with Crippen LogP contribution in [0.15, 0.2) is 18.3 Å². The minimum absolute atomic E-state index is 0.215. The molecule has 1 heterocycles. The maximum absolute atomic E-state index is 11.7. The summed E-state index contributed by atoms with van der Waals surface area (Å²) in [6, 6.07) is 3.28. The number of rotatable bonds is 7. The van der Waals surface area contributed by atoms with E-state index in [0.717, 1.165) is 0 Å². The number of anilines is 1. The Bertz CT molecular complexity index is 434. The van der Waals surface area contributed by atoms with Crippen molar-refractivity contribution in [3.05, 3.63) is 23.9 Å². The summed E-state index contributed by atoms with van der Waals surface area (Å²) >= 11 is 0. The standard InChI is InChI=1S/C13H18N2O4/c1-3-18-11(16)7-9-15-12-10(6-5-8-14-12)13(17)19-4-2/h5-6,8H,3-4,7,9H2,1-2H3,(H,14,15). The number of aromatic nitrogens is 1. The third-order valence-electron chi connectivity index (χ3n) is 2.23. The van der Waals surface area contributed by atoms with E-state index in [1.807, 2.05) is 0 Å².